The number of rotatable bonds is 9. The minimum atomic E-state index is -0.899. The van der Waals surface area contributed by atoms with E-state index in [4.69, 9.17) is 18.6 Å². The van der Waals surface area contributed by atoms with Crippen molar-refractivity contribution in [3.63, 3.8) is 0 Å². The van der Waals surface area contributed by atoms with E-state index in [-0.39, 0.29) is 24.5 Å². The maximum atomic E-state index is 12.6. The molecular formula is C23H27NO9. The molecule has 178 valence electrons. The van der Waals surface area contributed by atoms with Crippen molar-refractivity contribution in [1.82, 2.24) is 4.90 Å². The summed E-state index contributed by atoms with van der Waals surface area (Å²) in [5, 5.41) is 10.6. The first-order valence-electron chi connectivity index (χ1n) is 10.4. The summed E-state index contributed by atoms with van der Waals surface area (Å²) >= 11 is 0. The minimum absolute atomic E-state index is 0.0784. The summed E-state index contributed by atoms with van der Waals surface area (Å²) in [6, 6.07) is 7.90. The number of ether oxygens (including phenoxy) is 4. The maximum Gasteiger partial charge on any atom is 0.343 e. The molecule has 0 spiro atoms. The van der Waals surface area contributed by atoms with Crippen LogP contribution in [0.4, 0.5) is 0 Å². The molecule has 1 N–H and O–H groups in total. The van der Waals surface area contributed by atoms with Gasteiger partial charge in [0.2, 0.25) is 11.2 Å². The molecule has 1 aromatic heterocycles. The zero-order chi connectivity index (χ0) is 23.8. The van der Waals surface area contributed by atoms with Gasteiger partial charge in [-0.15, -0.1) is 0 Å². The number of carbonyl (C=O) groups excluding carboxylic acids is 2. The van der Waals surface area contributed by atoms with Crippen molar-refractivity contribution >= 4 is 11.9 Å². The third-order valence-electron chi connectivity index (χ3n) is 5.27. The lowest BCUT2D eigenvalue weighted by Gasteiger charge is -2.26. The average molecular weight is 461 g/mol. The van der Waals surface area contributed by atoms with E-state index < -0.39 is 29.0 Å². The Morgan fingerprint density at radius 2 is 1.82 bits per heavy atom. The quantitative estimate of drug-likeness (QED) is 0.548. The molecular weight excluding hydrogens is 434 g/mol. The number of hydrogen-bond donors (Lipinski definition) is 1. The molecule has 2 heterocycles. The van der Waals surface area contributed by atoms with E-state index in [0.717, 1.165) is 0 Å². The molecule has 1 aliphatic heterocycles. The number of para-hydroxylation sites is 1. The van der Waals surface area contributed by atoms with Gasteiger partial charge in [-0.05, 0) is 6.07 Å². The second-order valence-electron chi connectivity index (χ2n) is 7.41. The van der Waals surface area contributed by atoms with E-state index in [0.29, 0.717) is 44.2 Å². The van der Waals surface area contributed by atoms with Gasteiger partial charge in [-0.2, -0.15) is 0 Å². The summed E-state index contributed by atoms with van der Waals surface area (Å²) in [7, 11) is 2.48. The van der Waals surface area contributed by atoms with E-state index in [1.165, 1.54) is 20.3 Å². The Balaban J connectivity index is 2.01. The largest absolute Gasteiger partial charge is 0.502 e. The Hall–Kier alpha value is -3.37. The fourth-order valence-corrected chi connectivity index (χ4v) is 3.54. The molecule has 1 saturated heterocycles. The molecule has 0 unspecified atom stereocenters. The highest BCUT2D eigenvalue weighted by molar-refractivity contribution is 5.72. The molecule has 3 rings (SSSR count). The highest BCUT2D eigenvalue weighted by Crippen LogP contribution is 2.38. The van der Waals surface area contributed by atoms with Gasteiger partial charge in [-0.1, -0.05) is 18.2 Å². The number of aromatic hydroxyl groups is 1. The number of hydrogen-bond acceptors (Lipinski definition) is 10. The summed E-state index contributed by atoms with van der Waals surface area (Å²) in [6.45, 7) is 2.49. The predicted molar refractivity (Wildman–Crippen MR) is 115 cm³/mol. The first-order valence-corrected chi connectivity index (χ1v) is 10.4. The van der Waals surface area contributed by atoms with Crippen molar-refractivity contribution in [1.29, 1.82) is 0 Å². The first kappa shape index (κ1) is 24.3. The van der Waals surface area contributed by atoms with Crippen LogP contribution in [0.25, 0.3) is 0 Å². The Kier molecular flexibility index (Phi) is 8.45. The van der Waals surface area contributed by atoms with Gasteiger partial charge >= 0.3 is 11.9 Å². The van der Waals surface area contributed by atoms with Gasteiger partial charge in [0.15, 0.2) is 12.4 Å². The highest BCUT2D eigenvalue weighted by Gasteiger charge is 2.29. The zero-order valence-corrected chi connectivity index (χ0v) is 18.6. The molecule has 0 saturated carbocycles. The topological polar surface area (TPSA) is 125 Å². The predicted octanol–water partition coefficient (Wildman–Crippen LogP) is 1.42. The van der Waals surface area contributed by atoms with E-state index in [1.807, 2.05) is 0 Å². The Bertz CT molecular complexity index is 1030. The van der Waals surface area contributed by atoms with Crippen molar-refractivity contribution in [3.8, 4) is 11.5 Å². The van der Waals surface area contributed by atoms with Gasteiger partial charge in [0.25, 0.3) is 0 Å². The molecule has 1 aliphatic rings. The lowest BCUT2D eigenvalue weighted by atomic mass is 9.91. The molecule has 10 heteroatoms. The van der Waals surface area contributed by atoms with E-state index >= 15 is 0 Å². The Morgan fingerprint density at radius 1 is 1.12 bits per heavy atom. The Labute approximate surface area is 190 Å². The van der Waals surface area contributed by atoms with Gasteiger partial charge < -0.3 is 28.5 Å². The van der Waals surface area contributed by atoms with Gasteiger partial charge in [-0.25, -0.2) is 4.79 Å². The van der Waals surface area contributed by atoms with Crippen LogP contribution in [0.2, 0.25) is 0 Å². The standard InChI is InChI=1S/C23H27NO9/c1-29-20(26)12-17(16-5-3-4-6-19(16)32-14-21(27)30-2)23-22(28)18(25)11-15(33-23)13-24-7-9-31-10-8-24/h3-6,11,17,28H,7-10,12-14H2,1-2H3/t17-/m0/s1. The van der Waals surface area contributed by atoms with Crippen LogP contribution >= 0.6 is 0 Å². The average Bonchev–Trinajstić information content (AvgIpc) is 2.84. The third kappa shape index (κ3) is 6.33. The molecule has 1 fully saturated rings. The second kappa shape index (κ2) is 11.5. The molecule has 0 amide bonds. The number of morpholine rings is 1. The number of esters is 2. The number of benzene rings is 1. The van der Waals surface area contributed by atoms with Crippen LogP contribution in [0.1, 0.15) is 29.4 Å². The van der Waals surface area contributed by atoms with Crippen LogP contribution < -0.4 is 10.2 Å². The van der Waals surface area contributed by atoms with Crippen molar-refractivity contribution in [2.75, 3.05) is 47.1 Å². The van der Waals surface area contributed by atoms with Crippen molar-refractivity contribution in [2.24, 2.45) is 0 Å². The summed E-state index contributed by atoms with van der Waals surface area (Å²) in [5.74, 6) is -2.12. The highest BCUT2D eigenvalue weighted by atomic mass is 16.6. The van der Waals surface area contributed by atoms with Crippen LogP contribution in [0.15, 0.2) is 39.5 Å². The van der Waals surface area contributed by atoms with Crippen molar-refractivity contribution in [2.45, 2.75) is 18.9 Å². The molecule has 1 atom stereocenters. The van der Waals surface area contributed by atoms with Gasteiger partial charge in [0, 0.05) is 24.7 Å². The Morgan fingerprint density at radius 3 is 2.52 bits per heavy atom. The smallest absolute Gasteiger partial charge is 0.343 e. The maximum absolute atomic E-state index is 12.6. The van der Waals surface area contributed by atoms with Gasteiger partial charge in [-0.3, -0.25) is 14.5 Å². The summed E-state index contributed by atoms with van der Waals surface area (Å²) in [5.41, 5.74) is -0.184. The van der Waals surface area contributed by atoms with Crippen LogP contribution in [0.5, 0.6) is 11.5 Å². The summed E-state index contributed by atoms with van der Waals surface area (Å²) in [6.07, 6.45) is -0.230. The second-order valence-corrected chi connectivity index (χ2v) is 7.41. The van der Waals surface area contributed by atoms with Crippen molar-refractivity contribution < 1.29 is 38.1 Å². The normalized spacial score (nSPS) is 15.0. The van der Waals surface area contributed by atoms with Crippen LogP contribution in [-0.4, -0.2) is 69.1 Å². The number of methoxy groups -OCH3 is 2. The lowest BCUT2D eigenvalue weighted by molar-refractivity contribution is -0.143. The molecule has 2 aromatic rings. The van der Waals surface area contributed by atoms with E-state index in [9.17, 15) is 19.5 Å². The molecule has 33 heavy (non-hydrogen) atoms. The van der Waals surface area contributed by atoms with E-state index in [1.54, 1.807) is 24.3 Å². The number of carbonyl (C=O) groups is 2. The molecule has 0 radical (unpaired) electrons. The van der Waals surface area contributed by atoms with Gasteiger partial charge in [0.1, 0.15) is 11.5 Å². The fraction of sp³-hybridized carbons (Fsp3) is 0.435. The van der Waals surface area contributed by atoms with E-state index in [2.05, 4.69) is 9.64 Å². The molecule has 0 aliphatic carbocycles. The zero-order valence-electron chi connectivity index (χ0n) is 18.6. The van der Waals surface area contributed by atoms with Gasteiger partial charge in [0.05, 0.1) is 46.3 Å². The lowest BCUT2D eigenvalue weighted by Crippen LogP contribution is -2.35. The molecule has 10 nitrogen and oxygen atoms in total. The van der Waals surface area contributed by atoms with Crippen LogP contribution in [0.3, 0.4) is 0 Å². The van der Waals surface area contributed by atoms with Crippen molar-refractivity contribution in [3.05, 3.63) is 57.6 Å². The summed E-state index contributed by atoms with van der Waals surface area (Å²) < 4.78 is 26.3. The molecule has 1 aromatic carbocycles. The number of nitrogens with zero attached hydrogens (tertiary/aromatic N) is 1. The van der Waals surface area contributed by atoms with Crippen LogP contribution in [0, 0.1) is 0 Å². The minimum Gasteiger partial charge on any atom is -0.502 e. The summed E-state index contributed by atoms with van der Waals surface area (Å²) in [4.78, 5) is 38.4. The third-order valence-corrected chi connectivity index (χ3v) is 5.27. The first-order chi connectivity index (χ1) is 15.9. The molecule has 0 bridgehead atoms. The van der Waals surface area contributed by atoms with Crippen LogP contribution in [-0.2, 0) is 30.3 Å². The fourth-order valence-electron chi connectivity index (χ4n) is 3.54. The SMILES string of the molecule is COC(=O)COc1ccccc1[C@H](CC(=O)OC)c1oc(CN2CCOCC2)cc(=O)c1O. The monoisotopic (exact) mass is 461 g/mol.